The minimum atomic E-state index is -1.03. The Labute approximate surface area is 172 Å². The number of hydrogen-bond acceptors (Lipinski definition) is 7. The molecule has 10 nitrogen and oxygen atoms in total. The lowest BCUT2D eigenvalue weighted by Gasteiger charge is -2.11. The zero-order valence-corrected chi connectivity index (χ0v) is 17.1. The van der Waals surface area contributed by atoms with Crippen molar-refractivity contribution >= 4 is 17.3 Å². The maximum Gasteiger partial charge on any atom is 0.335 e. The minimum Gasteiger partial charge on any atom is -0.481 e. The van der Waals surface area contributed by atoms with Gasteiger partial charge in [0.05, 0.1) is 24.1 Å². The first-order valence-electron chi connectivity index (χ1n) is 9.34. The van der Waals surface area contributed by atoms with Gasteiger partial charge in [-0.15, -0.1) is 5.11 Å². The third kappa shape index (κ3) is 4.12. The number of benzene rings is 1. The van der Waals surface area contributed by atoms with Crippen LogP contribution in [0.15, 0.2) is 39.3 Å². The van der Waals surface area contributed by atoms with E-state index in [1.807, 2.05) is 6.92 Å². The maximum atomic E-state index is 12.9. The molecule has 0 aliphatic heterocycles. The van der Waals surface area contributed by atoms with Crippen LogP contribution in [0.2, 0.25) is 0 Å². The zero-order chi connectivity index (χ0) is 21.8. The molecule has 1 aromatic carbocycles. The third-order valence-corrected chi connectivity index (χ3v) is 4.48. The van der Waals surface area contributed by atoms with Gasteiger partial charge in [-0.3, -0.25) is 9.89 Å². The van der Waals surface area contributed by atoms with E-state index in [0.29, 0.717) is 17.3 Å². The Morgan fingerprint density at radius 1 is 1.20 bits per heavy atom. The summed E-state index contributed by atoms with van der Waals surface area (Å²) in [4.78, 5) is 32.6. The number of methoxy groups -OCH3 is 1. The van der Waals surface area contributed by atoms with E-state index in [0.717, 1.165) is 24.1 Å². The quantitative estimate of drug-likeness (QED) is 0.571. The lowest BCUT2D eigenvalue weighted by atomic mass is 10.1. The number of aromatic amines is 1. The van der Waals surface area contributed by atoms with Crippen LogP contribution in [0.1, 0.15) is 40.7 Å². The summed E-state index contributed by atoms with van der Waals surface area (Å²) in [7, 11) is 1.53. The van der Waals surface area contributed by atoms with Gasteiger partial charge in [-0.1, -0.05) is 13.3 Å². The van der Waals surface area contributed by atoms with Gasteiger partial charge in [-0.05, 0) is 44.5 Å². The van der Waals surface area contributed by atoms with Gasteiger partial charge in [0.25, 0.3) is 5.95 Å². The normalized spacial score (nSPS) is 11.2. The Morgan fingerprint density at radius 3 is 2.50 bits per heavy atom. The summed E-state index contributed by atoms with van der Waals surface area (Å²) in [6.07, 6.45) is 1.69. The highest BCUT2D eigenvalue weighted by atomic mass is 16.5. The predicted molar refractivity (Wildman–Crippen MR) is 110 cm³/mol. The summed E-state index contributed by atoms with van der Waals surface area (Å²) in [6, 6.07) is 5.86. The Morgan fingerprint density at radius 2 is 1.90 bits per heavy atom. The smallest absolute Gasteiger partial charge is 0.335 e. The van der Waals surface area contributed by atoms with E-state index in [4.69, 9.17) is 9.84 Å². The molecule has 3 aromatic rings. The summed E-state index contributed by atoms with van der Waals surface area (Å²) in [6.45, 7) is 5.59. The number of H-pyrrole nitrogens is 1. The van der Waals surface area contributed by atoms with Gasteiger partial charge in [-0.2, -0.15) is 14.8 Å². The Hall–Kier alpha value is -3.82. The molecule has 156 valence electrons. The molecule has 0 aliphatic rings. The number of ether oxygens (including phenoxy) is 1. The fourth-order valence-corrected chi connectivity index (χ4v) is 2.94. The van der Waals surface area contributed by atoms with Gasteiger partial charge in [-0.25, -0.2) is 9.78 Å². The molecule has 10 heteroatoms. The van der Waals surface area contributed by atoms with Crippen molar-refractivity contribution in [2.45, 2.75) is 33.6 Å². The number of nitrogens with one attached hydrogen (secondary N) is 1. The molecular weight excluding hydrogens is 388 g/mol. The maximum absolute atomic E-state index is 12.9. The average Bonchev–Trinajstić information content (AvgIpc) is 3.01. The first kappa shape index (κ1) is 20.9. The lowest BCUT2D eigenvalue weighted by molar-refractivity contribution is 0.0697. The number of carbonyl (C=O) groups is 1. The molecule has 0 radical (unpaired) electrons. The van der Waals surface area contributed by atoms with Crippen LogP contribution in [-0.4, -0.2) is 37.9 Å². The molecule has 2 heterocycles. The standard InChI is InChI=1S/C20H22N6O4/c1-5-6-15-11(2)21-20(22-17(15)30-4)26-18(27)16(12(3)25-26)24-23-14-9-7-13(8-10-14)19(28)29/h7-10,25H,5-6H2,1-4H3,(H,28,29). The first-order chi connectivity index (χ1) is 14.3. The van der Waals surface area contributed by atoms with Crippen LogP contribution in [0, 0.1) is 13.8 Å². The second-order valence-electron chi connectivity index (χ2n) is 6.62. The van der Waals surface area contributed by atoms with E-state index in [9.17, 15) is 9.59 Å². The fourth-order valence-electron chi connectivity index (χ4n) is 2.94. The van der Waals surface area contributed by atoms with E-state index in [1.165, 1.54) is 36.1 Å². The van der Waals surface area contributed by atoms with E-state index < -0.39 is 11.5 Å². The van der Waals surface area contributed by atoms with Gasteiger partial charge in [0.2, 0.25) is 5.88 Å². The van der Waals surface area contributed by atoms with Crippen LogP contribution in [0.25, 0.3) is 5.95 Å². The van der Waals surface area contributed by atoms with Crippen LogP contribution in [-0.2, 0) is 6.42 Å². The monoisotopic (exact) mass is 410 g/mol. The van der Waals surface area contributed by atoms with E-state index in [-0.39, 0.29) is 17.2 Å². The topological polar surface area (TPSA) is 135 Å². The molecule has 2 N–H and O–H groups in total. The van der Waals surface area contributed by atoms with Crippen molar-refractivity contribution in [2.24, 2.45) is 10.2 Å². The van der Waals surface area contributed by atoms with Crippen molar-refractivity contribution in [3.05, 3.63) is 57.1 Å². The Bertz CT molecular complexity index is 1160. The number of azo groups is 1. The second-order valence-corrected chi connectivity index (χ2v) is 6.62. The molecule has 0 amide bonds. The Kier molecular flexibility index (Phi) is 6.05. The van der Waals surface area contributed by atoms with Crippen molar-refractivity contribution in [1.29, 1.82) is 0 Å². The van der Waals surface area contributed by atoms with Crippen molar-refractivity contribution in [3.63, 3.8) is 0 Å². The van der Waals surface area contributed by atoms with Crippen molar-refractivity contribution in [1.82, 2.24) is 19.7 Å². The number of rotatable bonds is 7. The van der Waals surface area contributed by atoms with Gasteiger partial charge in [0.15, 0.2) is 5.69 Å². The van der Waals surface area contributed by atoms with Gasteiger partial charge in [0, 0.05) is 11.3 Å². The number of nitrogens with zero attached hydrogens (tertiary/aromatic N) is 5. The summed E-state index contributed by atoms with van der Waals surface area (Å²) in [5, 5.41) is 19.9. The lowest BCUT2D eigenvalue weighted by Crippen LogP contribution is -2.18. The van der Waals surface area contributed by atoms with Crippen LogP contribution in [0.4, 0.5) is 11.4 Å². The summed E-state index contributed by atoms with van der Waals surface area (Å²) in [5.74, 6) is -0.441. The highest BCUT2D eigenvalue weighted by Crippen LogP contribution is 2.23. The molecule has 0 unspecified atom stereocenters. The largest absolute Gasteiger partial charge is 0.481 e. The molecular formula is C20H22N6O4. The van der Waals surface area contributed by atoms with Crippen molar-refractivity contribution in [2.75, 3.05) is 7.11 Å². The molecule has 0 saturated heterocycles. The molecule has 3 rings (SSSR count). The SMILES string of the molecule is CCCc1c(C)nc(-n2[nH]c(C)c(N=Nc3ccc(C(=O)O)cc3)c2=O)nc1OC. The molecule has 0 fully saturated rings. The summed E-state index contributed by atoms with van der Waals surface area (Å²) in [5.41, 5.74) is 2.35. The molecule has 2 aromatic heterocycles. The van der Waals surface area contributed by atoms with Crippen molar-refractivity contribution in [3.8, 4) is 11.8 Å². The number of aromatic carboxylic acids is 1. The van der Waals surface area contributed by atoms with Gasteiger partial charge < -0.3 is 9.84 Å². The number of carboxylic acid groups (broad SMARTS) is 1. The van der Waals surface area contributed by atoms with Crippen molar-refractivity contribution < 1.29 is 14.6 Å². The minimum absolute atomic E-state index is 0.107. The predicted octanol–water partition coefficient (Wildman–Crippen LogP) is 3.65. The summed E-state index contributed by atoms with van der Waals surface area (Å²) >= 11 is 0. The van der Waals surface area contributed by atoms with Gasteiger partial charge in [0.1, 0.15) is 0 Å². The second kappa shape index (κ2) is 8.68. The van der Waals surface area contributed by atoms with Crippen LogP contribution >= 0.6 is 0 Å². The van der Waals surface area contributed by atoms with Gasteiger partial charge >= 0.3 is 11.5 Å². The first-order valence-corrected chi connectivity index (χ1v) is 9.34. The summed E-state index contributed by atoms with van der Waals surface area (Å²) < 4.78 is 6.58. The molecule has 0 saturated carbocycles. The van der Waals surface area contributed by atoms with Crippen LogP contribution < -0.4 is 10.3 Å². The number of carboxylic acids is 1. The number of hydrogen-bond donors (Lipinski definition) is 2. The Balaban J connectivity index is 1.97. The fraction of sp³-hybridized carbons (Fsp3) is 0.300. The molecule has 0 spiro atoms. The molecule has 30 heavy (non-hydrogen) atoms. The number of aromatic nitrogens is 4. The number of aryl methyl sites for hydroxylation is 2. The van der Waals surface area contributed by atoms with Crippen LogP contribution in [0.3, 0.4) is 0 Å². The third-order valence-electron chi connectivity index (χ3n) is 4.48. The zero-order valence-electron chi connectivity index (χ0n) is 17.1. The highest BCUT2D eigenvalue weighted by Gasteiger charge is 2.18. The van der Waals surface area contributed by atoms with E-state index in [1.54, 1.807) is 6.92 Å². The average molecular weight is 410 g/mol. The molecule has 0 atom stereocenters. The van der Waals surface area contributed by atoms with E-state index >= 15 is 0 Å². The molecule has 0 bridgehead atoms. The van der Waals surface area contributed by atoms with E-state index in [2.05, 4.69) is 32.2 Å². The highest BCUT2D eigenvalue weighted by molar-refractivity contribution is 5.87. The molecule has 0 aliphatic carbocycles. The van der Waals surface area contributed by atoms with Crippen LogP contribution in [0.5, 0.6) is 5.88 Å².